The molecule has 0 amide bonds. The topological polar surface area (TPSA) is 15.3 Å². The smallest absolute Gasteiger partial charge is 0.0601 e. The van der Waals surface area contributed by atoms with Crippen LogP contribution in [0.2, 0.25) is 0 Å². The van der Waals surface area contributed by atoms with Gasteiger partial charge in [0.1, 0.15) is 0 Å². The van der Waals surface area contributed by atoms with Crippen LogP contribution in [0.3, 0.4) is 0 Å². The second-order valence-electron chi connectivity index (χ2n) is 4.39. The normalized spacial score (nSPS) is 17.7. The van der Waals surface area contributed by atoms with Gasteiger partial charge in [-0.1, -0.05) is 26.2 Å². The Morgan fingerprint density at radius 3 is 2.67 bits per heavy atom. The second kappa shape index (κ2) is 6.87. The molecule has 0 aromatic carbocycles. The second-order valence-corrected chi connectivity index (χ2v) is 4.39. The Morgan fingerprint density at radius 2 is 2.20 bits per heavy atom. The predicted octanol–water partition coefficient (Wildman–Crippen LogP) is 1.86. The van der Waals surface area contributed by atoms with Crippen LogP contribution in [0.15, 0.2) is 0 Å². The lowest BCUT2D eigenvalue weighted by atomic mass is 10.1. The molecule has 1 unspecified atom stereocenters. The van der Waals surface area contributed by atoms with E-state index in [4.69, 9.17) is 6.42 Å². The SMILES string of the molecule is C#CCN(CC)C(CCC)CNC1CC1. The fourth-order valence-electron chi connectivity index (χ4n) is 1.95. The van der Waals surface area contributed by atoms with Crippen molar-refractivity contribution in [2.45, 2.75) is 51.6 Å². The van der Waals surface area contributed by atoms with Crippen LogP contribution >= 0.6 is 0 Å². The summed E-state index contributed by atoms with van der Waals surface area (Å²) in [5, 5.41) is 3.60. The van der Waals surface area contributed by atoms with Crippen molar-refractivity contribution in [3.8, 4) is 12.3 Å². The van der Waals surface area contributed by atoms with Gasteiger partial charge in [0.2, 0.25) is 0 Å². The Balaban J connectivity index is 2.33. The number of hydrogen-bond acceptors (Lipinski definition) is 2. The van der Waals surface area contributed by atoms with E-state index in [0.717, 1.165) is 25.7 Å². The van der Waals surface area contributed by atoms with Gasteiger partial charge >= 0.3 is 0 Å². The minimum absolute atomic E-state index is 0.622. The van der Waals surface area contributed by atoms with Crippen LogP contribution < -0.4 is 5.32 Å². The van der Waals surface area contributed by atoms with Gasteiger partial charge < -0.3 is 5.32 Å². The Labute approximate surface area is 94.4 Å². The van der Waals surface area contributed by atoms with Crippen molar-refractivity contribution >= 4 is 0 Å². The zero-order chi connectivity index (χ0) is 11.1. The van der Waals surface area contributed by atoms with Crippen molar-refractivity contribution in [1.29, 1.82) is 0 Å². The highest BCUT2D eigenvalue weighted by Gasteiger charge is 2.23. The summed E-state index contributed by atoms with van der Waals surface area (Å²) < 4.78 is 0. The number of nitrogens with zero attached hydrogens (tertiary/aromatic N) is 1. The lowest BCUT2D eigenvalue weighted by molar-refractivity contribution is 0.213. The van der Waals surface area contributed by atoms with E-state index < -0.39 is 0 Å². The maximum Gasteiger partial charge on any atom is 0.0601 e. The minimum Gasteiger partial charge on any atom is -0.312 e. The van der Waals surface area contributed by atoms with E-state index in [1.54, 1.807) is 0 Å². The molecule has 1 fully saturated rings. The standard InChI is InChI=1S/C13H24N2/c1-4-7-13(11-14-12-8-9-12)15(6-3)10-5-2/h2,12-14H,4,6-11H2,1,3H3. The molecule has 15 heavy (non-hydrogen) atoms. The lowest BCUT2D eigenvalue weighted by Gasteiger charge is -2.29. The summed E-state index contributed by atoms with van der Waals surface area (Å²) in [6.07, 6.45) is 10.6. The Bertz CT molecular complexity index is 203. The maximum absolute atomic E-state index is 5.40. The van der Waals surface area contributed by atoms with Crippen molar-refractivity contribution < 1.29 is 0 Å². The van der Waals surface area contributed by atoms with Crippen molar-refractivity contribution in [2.24, 2.45) is 0 Å². The molecule has 0 bridgehead atoms. The summed E-state index contributed by atoms with van der Waals surface area (Å²) in [5.41, 5.74) is 0. The third kappa shape index (κ3) is 4.68. The number of terminal acetylenes is 1. The van der Waals surface area contributed by atoms with Crippen LogP contribution in [0.25, 0.3) is 0 Å². The van der Waals surface area contributed by atoms with Crippen LogP contribution in [0.1, 0.15) is 39.5 Å². The van der Waals surface area contributed by atoms with Crippen molar-refractivity contribution in [3.63, 3.8) is 0 Å². The average Bonchev–Trinajstić information content (AvgIpc) is 3.05. The zero-order valence-corrected chi connectivity index (χ0v) is 10.1. The molecule has 1 saturated carbocycles. The molecule has 86 valence electrons. The molecule has 0 saturated heterocycles. The molecule has 0 aromatic rings. The fourth-order valence-corrected chi connectivity index (χ4v) is 1.95. The largest absolute Gasteiger partial charge is 0.312 e. The molecule has 0 spiro atoms. The van der Waals surface area contributed by atoms with E-state index >= 15 is 0 Å². The van der Waals surface area contributed by atoms with E-state index in [1.165, 1.54) is 25.7 Å². The van der Waals surface area contributed by atoms with Crippen LogP contribution in [0.5, 0.6) is 0 Å². The molecule has 0 aliphatic heterocycles. The molecule has 0 heterocycles. The molecule has 0 radical (unpaired) electrons. The van der Waals surface area contributed by atoms with Crippen LogP contribution in [-0.4, -0.2) is 36.6 Å². The molecule has 1 atom stereocenters. The first kappa shape index (κ1) is 12.5. The zero-order valence-electron chi connectivity index (χ0n) is 10.1. The predicted molar refractivity (Wildman–Crippen MR) is 65.8 cm³/mol. The maximum atomic E-state index is 5.40. The summed E-state index contributed by atoms with van der Waals surface area (Å²) >= 11 is 0. The van der Waals surface area contributed by atoms with Gasteiger partial charge in [-0.25, -0.2) is 0 Å². The van der Waals surface area contributed by atoms with Crippen LogP contribution in [0, 0.1) is 12.3 Å². The Morgan fingerprint density at radius 1 is 1.47 bits per heavy atom. The van der Waals surface area contributed by atoms with Gasteiger partial charge in [-0.3, -0.25) is 4.90 Å². The molecular weight excluding hydrogens is 184 g/mol. The highest BCUT2D eigenvalue weighted by molar-refractivity contribution is 4.91. The first-order valence-corrected chi connectivity index (χ1v) is 6.22. The average molecular weight is 208 g/mol. The van der Waals surface area contributed by atoms with E-state index in [2.05, 4.69) is 30.0 Å². The van der Waals surface area contributed by atoms with E-state index in [1.807, 2.05) is 0 Å². The summed E-state index contributed by atoms with van der Waals surface area (Å²) in [6.45, 7) is 7.38. The number of likely N-dealkylation sites (N-methyl/N-ethyl adjacent to an activating group) is 1. The third-order valence-corrected chi connectivity index (χ3v) is 3.06. The molecule has 0 aromatic heterocycles. The van der Waals surface area contributed by atoms with Crippen molar-refractivity contribution in [3.05, 3.63) is 0 Å². The Kier molecular flexibility index (Phi) is 5.75. The molecule has 2 nitrogen and oxygen atoms in total. The summed E-state index contributed by atoms with van der Waals surface area (Å²) in [4.78, 5) is 2.40. The number of nitrogens with one attached hydrogen (secondary N) is 1. The molecular formula is C13H24N2. The van der Waals surface area contributed by atoms with Gasteiger partial charge in [-0.15, -0.1) is 6.42 Å². The van der Waals surface area contributed by atoms with E-state index in [9.17, 15) is 0 Å². The quantitative estimate of drug-likeness (QED) is 0.613. The van der Waals surface area contributed by atoms with Crippen LogP contribution in [0.4, 0.5) is 0 Å². The first-order valence-electron chi connectivity index (χ1n) is 6.22. The molecule has 1 aliphatic rings. The molecule has 2 heteroatoms. The van der Waals surface area contributed by atoms with Gasteiger partial charge in [-0.05, 0) is 25.8 Å². The number of rotatable bonds is 8. The van der Waals surface area contributed by atoms with Gasteiger partial charge in [0.25, 0.3) is 0 Å². The van der Waals surface area contributed by atoms with Crippen molar-refractivity contribution in [1.82, 2.24) is 10.2 Å². The molecule has 1 aliphatic carbocycles. The molecule has 1 N–H and O–H groups in total. The highest BCUT2D eigenvalue weighted by Crippen LogP contribution is 2.19. The minimum atomic E-state index is 0.622. The van der Waals surface area contributed by atoms with Crippen molar-refractivity contribution in [2.75, 3.05) is 19.6 Å². The van der Waals surface area contributed by atoms with Gasteiger partial charge in [0, 0.05) is 18.6 Å². The monoisotopic (exact) mass is 208 g/mol. The lowest BCUT2D eigenvalue weighted by Crippen LogP contribution is -2.43. The third-order valence-electron chi connectivity index (χ3n) is 3.06. The van der Waals surface area contributed by atoms with Crippen LogP contribution in [-0.2, 0) is 0 Å². The van der Waals surface area contributed by atoms with Gasteiger partial charge in [0.15, 0.2) is 0 Å². The first-order chi connectivity index (χ1) is 7.31. The van der Waals surface area contributed by atoms with Gasteiger partial charge in [0.05, 0.1) is 6.54 Å². The molecule has 1 rings (SSSR count). The van der Waals surface area contributed by atoms with Gasteiger partial charge in [-0.2, -0.15) is 0 Å². The highest BCUT2D eigenvalue weighted by atomic mass is 15.2. The Hall–Kier alpha value is -0.520. The summed E-state index contributed by atoms with van der Waals surface area (Å²) in [7, 11) is 0. The van der Waals surface area contributed by atoms with E-state index in [-0.39, 0.29) is 0 Å². The fraction of sp³-hybridized carbons (Fsp3) is 0.846. The number of hydrogen-bond donors (Lipinski definition) is 1. The van der Waals surface area contributed by atoms with E-state index in [0.29, 0.717) is 6.04 Å². The summed E-state index contributed by atoms with van der Waals surface area (Å²) in [5.74, 6) is 2.76. The summed E-state index contributed by atoms with van der Waals surface area (Å²) in [6, 6.07) is 1.42.